The van der Waals surface area contributed by atoms with Crippen LogP contribution in [0.1, 0.15) is 15.9 Å². The van der Waals surface area contributed by atoms with Gasteiger partial charge in [-0.15, -0.1) is 0 Å². The SMILES string of the molecule is O=Cc1ccc(N2CCN(Cc3ccccc3)C(=O)C2)cc1. The molecule has 0 N–H and O–H groups in total. The lowest BCUT2D eigenvalue weighted by Crippen LogP contribution is -2.50. The largest absolute Gasteiger partial charge is 0.360 e. The Bertz CT molecular complexity index is 653. The lowest BCUT2D eigenvalue weighted by atomic mass is 10.1. The van der Waals surface area contributed by atoms with Gasteiger partial charge in [0.15, 0.2) is 0 Å². The molecule has 0 radical (unpaired) electrons. The van der Waals surface area contributed by atoms with Crippen LogP contribution in [-0.4, -0.2) is 36.7 Å². The van der Waals surface area contributed by atoms with Crippen molar-refractivity contribution < 1.29 is 9.59 Å². The molecule has 2 aromatic rings. The van der Waals surface area contributed by atoms with Crippen LogP contribution in [0.15, 0.2) is 54.6 Å². The van der Waals surface area contributed by atoms with Crippen LogP contribution in [0, 0.1) is 0 Å². The van der Waals surface area contributed by atoms with Crippen LogP contribution < -0.4 is 4.90 Å². The average molecular weight is 294 g/mol. The highest BCUT2D eigenvalue weighted by molar-refractivity contribution is 5.83. The van der Waals surface area contributed by atoms with Gasteiger partial charge in [-0.2, -0.15) is 0 Å². The highest BCUT2D eigenvalue weighted by atomic mass is 16.2. The second kappa shape index (κ2) is 6.43. The number of aldehydes is 1. The maximum atomic E-state index is 12.3. The van der Waals surface area contributed by atoms with Gasteiger partial charge in [0.1, 0.15) is 6.29 Å². The van der Waals surface area contributed by atoms with E-state index in [0.29, 0.717) is 25.2 Å². The molecule has 0 aromatic heterocycles. The Hall–Kier alpha value is -2.62. The van der Waals surface area contributed by atoms with Gasteiger partial charge in [-0.25, -0.2) is 0 Å². The number of amides is 1. The Kier molecular flexibility index (Phi) is 4.19. The van der Waals surface area contributed by atoms with E-state index in [0.717, 1.165) is 24.1 Å². The first-order chi connectivity index (χ1) is 10.8. The Morgan fingerprint density at radius 3 is 2.32 bits per heavy atom. The van der Waals surface area contributed by atoms with Gasteiger partial charge in [-0.05, 0) is 29.8 Å². The Labute approximate surface area is 130 Å². The fourth-order valence-electron chi connectivity index (χ4n) is 2.66. The summed E-state index contributed by atoms with van der Waals surface area (Å²) in [6.07, 6.45) is 0.826. The van der Waals surface area contributed by atoms with Crippen LogP contribution in [0.3, 0.4) is 0 Å². The molecule has 4 heteroatoms. The summed E-state index contributed by atoms with van der Waals surface area (Å²) >= 11 is 0. The first-order valence-corrected chi connectivity index (χ1v) is 7.38. The fraction of sp³-hybridized carbons (Fsp3) is 0.222. The molecule has 2 aromatic carbocycles. The molecule has 22 heavy (non-hydrogen) atoms. The van der Waals surface area contributed by atoms with Crippen LogP contribution in [0.4, 0.5) is 5.69 Å². The maximum Gasteiger partial charge on any atom is 0.242 e. The topological polar surface area (TPSA) is 40.6 Å². The average Bonchev–Trinajstić information content (AvgIpc) is 2.58. The van der Waals surface area contributed by atoms with E-state index < -0.39 is 0 Å². The van der Waals surface area contributed by atoms with Crippen molar-refractivity contribution in [3.05, 3.63) is 65.7 Å². The quantitative estimate of drug-likeness (QED) is 0.813. The van der Waals surface area contributed by atoms with Crippen molar-refractivity contribution in [3.8, 4) is 0 Å². The van der Waals surface area contributed by atoms with Gasteiger partial charge in [0.25, 0.3) is 0 Å². The van der Waals surface area contributed by atoms with Crippen LogP contribution in [0.25, 0.3) is 0 Å². The van der Waals surface area contributed by atoms with Crippen molar-refractivity contribution in [2.45, 2.75) is 6.54 Å². The fourth-order valence-corrected chi connectivity index (χ4v) is 2.66. The predicted molar refractivity (Wildman–Crippen MR) is 85.9 cm³/mol. The first-order valence-electron chi connectivity index (χ1n) is 7.38. The van der Waals surface area contributed by atoms with Crippen molar-refractivity contribution in [3.63, 3.8) is 0 Å². The third-order valence-electron chi connectivity index (χ3n) is 3.93. The molecule has 0 saturated carbocycles. The van der Waals surface area contributed by atoms with E-state index in [1.807, 2.05) is 47.4 Å². The zero-order valence-corrected chi connectivity index (χ0v) is 12.3. The number of hydrogen-bond donors (Lipinski definition) is 0. The van der Waals surface area contributed by atoms with E-state index >= 15 is 0 Å². The molecule has 1 amide bonds. The van der Waals surface area contributed by atoms with Gasteiger partial charge >= 0.3 is 0 Å². The number of nitrogens with zero attached hydrogens (tertiary/aromatic N) is 2. The monoisotopic (exact) mass is 294 g/mol. The third-order valence-corrected chi connectivity index (χ3v) is 3.93. The van der Waals surface area contributed by atoms with E-state index in [9.17, 15) is 9.59 Å². The third kappa shape index (κ3) is 3.17. The summed E-state index contributed by atoms with van der Waals surface area (Å²) in [5.74, 6) is 0.134. The summed E-state index contributed by atoms with van der Waals surface area (Å²) in [6, 6.07) is 17.4. The van der Waals surface area contributed by atoms with E-state index in [1.54, 1.807) is 12.1 Å². The van der Waals surface area contributed by atoms with Gasteiger partial charge in [-0.3, -0.25) is 9.59 Å². The zero-order chi connectivity index (χ0) is 15.4. The van der Waals surface area contributed by atoms with Crippen molar-refractivity contribution >= 4 is 17.9 Å². The lowest BCUT2D eigenvalue weighted by molar-refractivity contribution is -0.131. The summed E-state index contributed by atoms with van der Waals surface area (Å²) in [5.41, 5.74) is 2.79. The molecular weight excluding hydrogens is 276 g/mol. The molecule has 1 fully saturated rings. The standard InChI is InChI=1S/C18H18N2O2/c21-14-16-6-8-17(9-7-16)19-10-11-20(18(22)13-19)12-15-4-2-1-3-5-15/h1-9,14H,10-13H2. The van der Waals surface area contributed by atoms with Gasteiger partial charge in [0, 0.05) is 30.9 Å². The van der Waals surface area contributed by atoms with Crippen LogP contribution >= 0.6 is 0 Å². The number of hydrogen-bond acceptors (Lipinski definition) is 3. The highest BCUT2D eigenvalue weighted by Crippen LogP contribution is 2.18. The number of benzene rings is 2. The number of piperazine rings is 1. The van der Waals surface area contributed by atoms with E-state index in [4.69, 9.17) is 0 Å². The molecule has 0 spiro atoms. The summed E-state index contributed by atoms with van der Waals surface area (Å²) in [4.78, 5) is 27.0. The molecule has 0 aliphatic carbocycles. The summed E-state index contributed by atoms with van der Waals surface area (Å²) < 4.78 is 0. The van der Waals surface area contributed by atoms with Crippen molar-refractivity contribution in [1.29, 1.82) is 0 Å². The predicted octanol–water partition coefficient (Wildman–Crippen LogP) is 2.35. The van der Waals surface area contributed by atoms with Crippen LogP contribution in [0.5, 0.6) is 0 Å². The van der Waals surface area contributed by atoms with Gasteiger partial charge in [0.2, 0.25) is 5.91 Å². The van der Waals surface area contributed by atoms with Gasteiger partial charge in [0.05, 0.1) is 6.54 Å². The molecule has 1 aliphatic heterocycles. The Balaban J connectivity index is 1.64. The first kappa shape index (κ1) is 14.3. The summed E-state index contributed by atoms with van der Waals surface area (Å²) in [6.45, 7) is 2.56. The summed E-state index contributed by atoms with van der Waals surface area (Å²) in [5, 5.41) is 0. The molecular formula is C18H18N2O2. The number of anilines is 1. The van der Waals surface area contributed by atoms with Crippen LogP contribution in [-0.2, 0) is 11.3 Å². The molecule has 112 valence electrons. The second-order valence-corrected chi connectivity index (χ2v) is 5.43. The number of rotatable bonds is 4. The van der Waals surface area contributed by atoms with E-state index in [1.165, 1.54) is 0 Å². The highest BCUT2D eigenvalue weighted by Gasteiger charge is 2.23. The van der Waals surface area contributed by atoms with Crippen LogP contribution in [0.2, 0.25) is 0 Å². The van der Waals surface area contributed by atoms with Crippen molar-refractivity contribution in [1.82, 2.24) is 4.90 Å². The molecule has 3 rings (SSSR count). The molecule has 4 nitrogen and oxygen atoms in total. The minimum Gasteiger partial charge on any atom is -0.360 e. The second-order valence-electron chi connectivity index (χ2n) is 5.43. The minimum absolute atomic E-state index is 0.134. The molecule has 1 saturated heterocycles. The smallest absolute Gasteiger partial charge is 0.242 e. The molecule has 0 atom stereocenters. The van der Waals surface area contributed by atoms with E-state index in [-0.39, 0.29) is 5.91 Å². The Morgan fingerprint density at radius 1 is 0.955 bits per heavy atom. The number of carbonyl (C=O) groups excluding carboxylic acids is 2. The van der Waals surface area contributed by atoms with Gasteiger partial charge in [-0.1, -0.05) is 30.3 Å². The summed E-state index contributed by atoms with van der Waals surface area (Å²) in [7, 11) is 0. The van der Waals surface area contributed by atoms with Crippen molar-refractivity contribution in [2.24, 2.45) is 0 Å². The Morgan fingerprint density at radius 2 is 1.68 bits per heavy atom. The minimum atomic E-state index is 0.134. The number of carbonyl (C=O) groups is 2. The molecule has 0 unspecified atom stereocenters. The van der Waals surface area contributed by atoms with Crippen molar-refractivity contribution in [2.75, 3.05) is 24.5 Å². The molecule has 1 heterocycles. The molecule has 1 aliphatic rings. The maximum absolute atomic E-state index is 12.3. The molecule has 0 bridgehead atoms. The van der Waals surface area contributed by atoms with E-state index in [2.05, 4.69) is 4.90 Å². The zero-order valence-electron chi connectivity index (χ0n) is 12.3. The lowest BCUT2D eigenvalue weighted by Gasteiger charge is -2.35. The normalized spacial score (nSPS) is 15.0. The van der Waals surface area contributed by atoms with Gasteiger partial charge < -0.3 is 9.80 Å².